The highest BCUT2D eigenvalue weighted by atomic mass is 19.2. The van der Waals surface area contributed by atoms with Crippen molar-refractivity contribution in [1.29, 1.82) is 0 Å². The van der Waals surface area contributed by atoms with E-state index in [-0.39, 0.29) is 41.4 Å². The number of halogens is 4. The molecule has 1 saturated carbocycles. The van der Waals surface area contributed by atoms with Crippen LogP contribution in [0.4, 0.5) is 17.6 Å². The fraction of sp³-hybridized carbons (Fsp3) is 0.478. The van der Waals surface area contributed by atoms with Crippen molar-refractivity contribution in [1.82, 2.24) is 0 Å². The number of epoxide rings is 1. The standard InChI is InChI=1S/C23H24F4O3/c1-12(28)15-8-9-18(23(27)20(15)24)29-10-13-2-4-14(5-3-13)16-6-7-17(19-11-30-19)22(26)21(16)25/h6-9,12-14,19,28H,2-5,10-11H2,1H3. The molecule has 7 heteroatoms. The predicted molar refractivity (Wildman–Crippen MR) is 102 cm³/mol. The van der Waals surface area contributed by atoms with Gasteiger partial charge in [0.2, 0.25) is 5.82 Å². The van der Waals surface area contributed by atoms with Crippen LogP contribution < -0.4 is 4.74 Å². The van der Waals surface area contributed by atoms with Crippen LogP contribution in [0.1, 0.15) is 67.4 Å². The first kappa shape index (κ1) is 21.1. The molecule has 0 amide bonds. The van der Waals surface area contributed by atoms with Gasteiger partial charge in [-0.25, -0.2) is 13.2 Å². The van der Waals surface area contributed by atoms with Gasteiger partial charge >= 0.3 is 0 Å². The van der Waals surface area contributed by atoms with E-state index in [2.05, 4.69) is 0 Å². The summed E-state index contributed by atoms with van der Waals surface area (Å²) >= 11 is 0. The molecule has 0 spiro atoms. The van der Waals surface area contributed by atoms with Gasteiger partial charge in [0.15, 0.2) is 23.2 Å². The average molecular weight is 424 g/mol. The van der Waals surface area contributed by atoms with Gasteiger partial charge in [-0.15, -0.1) is 0 Å². The molecule has 3 nitrogen and oxygen atoms in total. The predicted octanol–water partition coefficient (Wildman–Crippen LogP) is 5.72. The number of benzene rings is 2. The molecule has 1 saturated heterocycles. The van der Waals surface area contributed by atoms with Crippen LogP contribution in [0.3, 0.4) is 0 Å². The van der Waals surface area contributed by atoms with Crippen LogP contribution in [-0.4, -0.2) is 18.3 Å². The monoisotopic (exact) mass is 424 g/mol. The lowest BCUT2D eigenvalue weighted by Gasteiger charge is -2.29. The van der Waals surface area contributed by atoms with Gasteiger partial charge in [0, 0.05) is 11.1 Å². The molecule has 162 valence electrons. The van der Waals surface area contributed by atoms with Gasteiger partial charge in [-0.3, -0.25) is 0 Å². The lowest BCUT2D eigenvalue weighted by atomic mass is 9.78. The van der Waals surface area contributed by atoms with Crippen molar-refractivity contribution in [2.75, 3.05) is 13.2 Å². The van der Waals surface area contributed by atoms with Gasteiger partial charge < -0.3 is 14.6 Å². The molecule has 1 aliphatic carbocycles. The third-order valence-electron chi connectivity index (χ3n) is 6.11. The minimum absolute atomic E-state index is 0.0792. The molecule has 2 atom stereocenters. The van der Waals surface area contributed by atoms with Gasteiger partial charge in [-0.1, -0.05) is 12.1 Å². The van der Waals surface area contributed by atoms with Crippen LogP contribution in [-0.2, 0) is 4.74 Å². The Kier molecular flexibility index (Phi) is 6.02. The van der Waals surface area contributed by atoms with Gasteiger partial charge in [0.25, 0.3) is 0 Å². The SMILES string of the molecule is CC(O)c1ccc(OCC2CCC(c3ccc(C4CO4)c(F)c3F)CC2)c(F)c1F. The number of aliphatic hydroxyl groups is 1. The summed E-state index contributed by atoms with van der Waals surface area (Å²) in [7, 11) is 0. The highest BCUT2D eigenvalue weighted by Crippen LogP contribution is 2.40. The minimum atomic E-state index is -1.11. The lowest BCUT2D eigenvalue weighted by Crippen LogP contribution is -2.20. The summed E-state index contributed by atoms with van der Waals surface area (Å²) in [5, 5.41) is 9.45. The lowest BCUT2D eigenvalue weighted by molar-refractivity contribution is 0.184. The van der Waals surface area contributed by atoms with E-state index in [1.54, 1.807) is 12.1 Å². The molecule has 0 aromatic heterocycles. The molecular weight excluding hydrogens is 400 g/mol. The Labute approximate surface area is 172 Å². The smallest absolute Gasteiger partial charge is 0.200 e. The van der Waals surface area contributed by atoms with Crippen molar-refractivity contribution in [2.24, 2.45) is 5.92 Å². The second kappa shape index (κ2) is 8.55. The molecule has 0 radical (unpaired) electrons. The van der Waals surface area contributed by atoms with Crippen LogP contribution in [0, 0.1) is 29.2 Å². The third-order valence-corrected chi connectivity index (χ3v) is 6.11. The Hall–Kier alpha value is -2.12. The highest BCUT2D eigenvalue weighted by molar-refractivity contribution is 5.33. The highest BCUT2D eigenvalue weighted by Gasteiger charge is 2.32. The van der Waals surface area contributed by atoms with Crippen molar-refractivity contribution in [3.8, 4) is 5.75 Å². The van der Waals surface area contributed by atoms with Crippen molar-refractivity contribution < 1.29 is 32.1 Å². The third kappa shape index (κ3) is 4.18. The average Bonchev–Trinajstić information content (AvgIpc) is 3.56. The largest absolute Gasteiger partial charge is 0.490 e. The van der Waals surface area contributed by atoms with Crippen molar-refractivity contribution in [2.45, 2.75) is 50.7 Å². The van der Waals surface area contributed by atoms with Gasteiger partial charge in [-0.2, -0.15) is 4.39 Å². The molecule has 2 aromatic rings. The molecule has 2 aliphatic rings. The van der Waals surface area contributed by atoms with Crippen LogP contribution in [0.25, 0.3) is 0 Å². The zero-order chi connectivity index (χ0) is 21.4. The number of hydrogen-bond donors (Lipinski definition) is 1. The fourth-order valence-electron chi connectivity index (χ4n) is 4.20. The van der Waals surface area contributed by atoms with Crippen LogP contribution in [0.2, 0.25) is 0 Å². The summed E-state index contributed by atoms with van der Waals surface area (Å²) in [5.74, 6) is -3.98. The van der Waals surface area contributed by atoms with E-state index in [4.69, 9.17) is 9.47 Å². The van der Waals surface area contributed by atoms with Crippen molar-refractivity contribution in [3.63, 3.8) is 0 Å². The van der Waals surface area contributed by atoms with Crippen LogP contribution >= 0.6 is 0 Å². The fourth-order valence-corrected chi connectivity index (χ4v) is 4.20. The Morgan fingerprint density at radius 2 is 1.57 bits per heavy atom. The first-order chi connectivity index (χ1) is 14.4. The van der Waals surface area contributed by atoms with Crippen molar-refractivity contribution >= 4 is 0 Å². The van der Waals surface area contributed by atoms with Crippen LogP contribution in [0.5, 0.6) is 5.75 Å². The number of rotatable bonds is 6. The van der Waals surface area contributed by atoms with E-state index >= 15 is 0 Å². The summed E-state index contributed by atoms with van der Waals surface area (Å²) in [4.78, 5) is 0. The molecule has 0 bridgehead atoms. The molecule has 2 aromatic carbocycles. The van der Waals surface area contributed by atoms with Crippen molar-refractivity contribution in [3.05, 3.63) is 64.2 Å². The van der Waals surface area contributed by atoms with E-state index in [0.29, 0.717) is 25.0 Å². The molecule has 1 N–H and O–H groups in total. The van der Waals surface area contributed by atoms with Gasteiger partial charge in [-0.05, 0) is 62.1 Å². The molecular formula is C23H24F4O3. The summed E-state index contributed by atoms with van der Waals surface area (Å²) in [6, 6.07) is 5.88. The zero-order valence-electron chi connectivity index (χ0n) is 16.6. The number of ether oxygens (including phenoxy) is 2. The number of aliphatic hydroxyl groups excluding tert-OH is 1. The second-order valence-electron chi connectivity index (χ2n) is 8.18. The Morgan fingerprint density at radius 3 is 2.20 bits per heavy atom. The molecule has 2 fully saturated rings. The Balaban J connectivity index is 1.34. The zero-order valence-corrected chi connectivity index (χ0v) is 16.6. The van der Waals surface area contributed by atoms with Gasteiger partial charge in [0.1, 0.15) is 6.10 Å². The molecule has 30 heavy (non-hydrogen) atoms. The quantitative estimate of drug-likeness (QED) is 0.476. The molecule has 1 heterocycles. The maximum atomic E-state index is 14.5. The maximum absolute atomic E-state index is 14.5. The summed E-state index contributed by atoms with van der Waals surface area (Å²) in [5.41, 5.74) is 0.543. The Bertz CT molecular complexity index is 919. The van der Waals surface area contributed by atoms with Crippen LogP contribution in [0.15, 0.2) is 24.3 Å². The Morgan fingerprint density at radius 1 is 0.933 bits per heavy atom. The van der Waals surface area contributed by atoms with E-state index in [1.165, 1.54) is 19.1 Å². The summed E-state index contributed by atoms with van der Waals surface area (Å²) < 4.78 is 67.5. The molecule has 4 rings (SSSR count). The topological polar surface area (TPSA) is 42.0 Å². The minimum Gasteiger partial charge on any atom is -0.490 e. The summed E-state index contributed by atoms with van der Waals surface area (Å²) in [6.07, 6.45) is 1.33. The maximum Gasteiger partial charge on any atom is 0.200 e. The normalized spacial score (nSPS) is 24.5. The first-order valence-electron chi connectivity index (χ1n) is 10.2. The second-order valence-corrected chi connectivity index (χ2v) is 8.18. The van der Waals surface area contributed by atoms with E-state index in [9.17, 15) is 22.7 Å². The summed E-state index contributed by atoms with van der Waals surface area (Å²) in [6.45, 7) is 2.00. The van der Waals surface area contributed by atoms with Gasteiger partial charge in [0.05, 0.1) is 19.3 Å². The molecule has 1 aliphatic heterocycles. The van der Waals surface area contributed by atoms with E-state index in [1.807, 2.05) is 0 Å². The van der Waals surface area contributed by atoms with E-state index in [0.717, 1.165) is 12.8 Å². The first-order valence-corrected chi connectivity index (χ1v) is 10.2. The number of hydrogen-bond acceptors (Lipinski definition) is 3. The molecule has 2 unspecified atom stereocenters. The van der Waals surface area contributed by atoms with E-state index < -0.39 is 29.4 Å².